The summed E-state index contributed by atoms with van der Waals surface area (Å²) >= 11 is 0. The quantitative estimate of drug-likeness (QED) is 0.521. The van der Waals surface area contributed by atoms with E-state index in [2.05, 4.69) is 5.32 Å². The Balaban J connectivity index is 2.63. The third-order valence-electron chi connectivity index (χ3n) is 5.06. The molecule has 1 fully saturated rings. The second-order valence-corrected chi connectivity index (χ2v) is 6.91. The van der Waals surface area contributed by atoms with Gasteiger partial charge in [0.15, 0.2) is 0 Å². The molecule has 1 rings (SSSR count). The molecule has 1 saturated heterocycles. The second kappa shape index (κ2) is 9.39. The predicted molar refractivity (Wildman–Crippen MR) is 91.3 cm³/mol. The van der Waals surface area contributed by atoms with Crippen LogP contribution in [0.3, 0.4) is 0 Å². The molecule has 3 amide bonds. The van der Waals surface area contributed by atoms with Crippen molar-refractivity contribution in [1.82, 2.24) is 10.2 Å². The molecule has 0 radical (unpaired) electrons. The molecule has 0 spiro atoms. The van der Waals surface area contributed by atoms with Crippen LogP contribution in [0.2, 0.25) is 0 Å². The van der Waals surface area contributed by atoms with Gasteiger partial charge in [0, 0.05) is 31.8 Å². The number of carbonyl (C=O) groups excluding carboxylic acids is 3. The molecular formula is C17H29N3O5. The normalized spacial score (nSPS) is 20.8. The van der Waals surface area contributed by atoms with Gasteiger partial charge >= 0.3 is 5.97 Å². The lowest BCUT2D eigenvalue weighted by atomic mass is 9.86. The van der Waals surface area contributed by atoms with E-state index >= 15 is 0 Å². The third kappa shape index (κ3) is 6.03. The van der Waals surface area contributed by atoms with Crippen molar-refractivity contribution < 1.29 is 24.3 Å². The van der Waals surface area contributed by atoms with Gasteiger partial charge in [-0.15, -0.1) is 0 Å². The van der Waals surface area contributed by atoms with Gasteiger partial charge in [0.05, 0.1) is 6.42 Å². The summed E-state index contributed by atoms with van der Waals surface area (Å²) in [5, 5.41) is 11.2. The van der Waals surface area contributed by atoms with Crippen LogP contribution in [0.1, 0.15) is 46.5 Å². The van der Waals surface area contributed by atoms with Crippen LogP contribution in [0.5, 0.6) is 0 Å². The number of rotatable bonds is 10. The van der Waals surface area contributed by atoms with Crippen molar-refractivity contribution in [2.75, 3.05) is 13.1 Å². The second-order valence-electron chi connectivity index (χ2n) is 6.91. The number of primary amides is 1. The Morgan fingerprint density at radius 3 is 2.48 bits per heavy atom. The molecule has 4 N–H and O–H groups in total. The van der Waals surface area contributed by atoms with Crippen molar-refractivity contribution in [1.29, 1.82) is 0 Å². The number of amides is 3. The molecule has 142 valence electrons. The van der Waals surface area contributed by atoms with E-state index in [0.717, 1.165) is 6.42 Å². The SMILES string of the molecule is CCC(C)C(C)C(C(N)=O)N1CC(CNC(=O)CCC(=O)O)CC1=O. The van der Waals surface area contributed by atoms with E-state index in [0.29, 0.717) is 6.54 Å². The largest absolute Gasteiger partial charge is 0.481 e. The molecule has 0 aliphatic carbocycles. The van der Waals surface area contributed by atoms with E-state index in [4.69, 9.17) is 10.8 Å². The summed E-state index contributed by atoms with van der Waals surface area (Å²) < 4.78 is 0. The summed E-state index contributed by atoms with van der Waals surface area (Å²) in [6, 6.07) is -0.643. The number of nitrogens with two attached hydrogens (primary N) is 1. The highest BCUT2D eigenvalue weighted by Crippen LogP contribution is 2.28. The highest BCUT2D eigenvalue weighted by Gasteiger charge is 2.40. The zero-order chi connectivity index (χ0) is 19.1. The minimum absolute atomic E-state index is 0.0460. The van der Waals surface area contributed by atoms with E-state index in [-0.39, 0.29) is 55.4 Å². The van der Waals surface area contributed by atoms with E-state index in [1.54, 1.807) is 0 Å². The number of carboxylic acids is 1. The molecule has 0 aromatic heterocycles. The van der Waals surface area contributed by atoms with E-state index < -0.39 is 17.9 Å². The van der Waals surface area contributed by atoms with Crippen LogP contribution in [-0.2, 0) is 19.2 Å². The van der Waals surface area contributed by atoms with Crippen molar-refractivity contribution in [3.8, 4) is 0 Å². The number of carboxylic acid groups (broad SMARTS) is 1. The van der Waals surface area contributed by atoms with Crippen LogP contribution in [0.4, 0.5) is 0 Å². The molecule has 8 nitrogen and oxygen atoms in total. The van der Waals surface area contributed by atoms with Crippen molar-refractivity contribution in [3.05, 3.63) is 0 Å². The average Bonchev–Trinajstić information content (AvgIpc) is 2.90. The fraction of sp³-hybridized carbons (Fsp3) is 0.765. The number of aliphatic carboxylic acids is 1. The Morgan fingerprint density at radius 1 is 1.32 bits per heavy atom. The van der Waals surface area contributed by atoms with Gasteiger partial charge in [0.25, 0.3) is 0 Å². The first-order valence-electron chi connectivity index (χ1n) is 8.74. The summed E-state index contributed by atoms with van der Waals surface area (Å²) in [6.45, 7) is 6.63. The number of nitrogens with one attached hydrogen (secondary N) is 1. The van der Waals surface area contributed by atoms with Crippen LogP contribution in [-0.4, -0.2) is 52.8 Å². The first kappa shape index (κ1) is 20.9. The summed E-state index contributed by atoms with van der Waals surface area (Å²) in [4.78, 5) is 47.8. The highest BCUT2D eigenvalue weighted by molar-refractivity contribution is 5.88. The van der Waals surface area contributed by atoms with Gasteiger partial charge in [-0.25, -0.2) is 0 Å². The predicted octanol–water partition coefficient (Wildman–Crippen LogP) is 0.352. The van der Waals surface area contributed by atoms with Gasteiger partial charge in [-0.05, 0) is 11.8 Å². The van der Waals surface area contributed by atoms with Crippen LogP contribution in [0, 0.1) is 17.8 Å². The molecular weight excluding hydrogens is 326 g/mol. The number of hydrogen-bond donors (Lipinski definition) is 3. The number of carbonyl (C=O) groups is 4. The summed E-state index contributed by atoms with van der Waals surface area (Å²) in [6.07, 6.45) is 0.818. The van der Waals surface area contributed by atoms with E-state index in [9.17, 15) is 19.2 Å². The van der Waals surface area contributed by atoms with Crippen molar-refractivity contribution >= 4 is 23.7 Å². The average molecular weight is 355 g/mol. The first-order valence-corrected chi connectivity index (χ1v) is 8.74. The smallest absolute Gasteiger partial charge is 0.303 e. The summed E-state index contributed by atoms with van der Waals surface area (Å²) in [5.41, 5.74) is 5.55. The fourth-order valence-corrected chi connectivity index (χ4v) is 3.16. The molecule has 4 unspecified atom stereocenters. The maximum Gasteiger partial charge on any atom is 0.303 e. The van der Waals surface area contributed by atoms with E-state index in [1.807, 2.05) is 20.8 Å². The number of hydrogen-bond acceptors (Lipinski definition) is 4. The van der Waals surface area contributed by atoms with Crippen molar-refractivity contribution in [2.24, 2.45) is 23.5 Å². The van der Waals surface area contributed by atoms with Gasteiger partial charge in [0.2, 0.25) is 17.7 Å². The molecule has 0 saturated carbocycles. The fourth-order valence-electron chi connectivity index (χ4n) is 3.16. The number of likely N-dealkylation sites (tertiary alicyclic amines) is 1. The maximum atomic E-state index is 12.3. The minimum atomic E-state index is -1.03. The van der Waals surface area contributed by atoms with Gasteiger partial charge in [-0.2, -0.15) is 0 Å². The van der Waals surface area contributed by atoms with Gasteiger partial charge in [0.1, 0.15) is 6.04 Å². The van der Waals surface area contributed by atoms with Crippen molar-refractivity contribution in [2.45, 2.75) is 52.5 Å². The first-order chi connectivity index (χ1) is 11.7. The number of nitrogens with zero attached hydrogens (tertiary/aromatic N) is 1. The van der Waals surface area contributed by atoms with Crippen molar-refractivity contribution in [3.63, 3.8) is 0 Å². The standard InChI is InChI=1S/C17H29N3O5/c1-4-10(2)11(3)16(17(18)25)20-9-12(7-14(20)22)8-19-13(21)5-6-15(23)24/h10-12,16H,4-9H2,1-3H3,(H2,18,25)(H,19,21)(H,23,24). The van der Waals surface area contributed by atoms with Crippen LogP contribution < -0.4 is 11.1 Å². The molecule has 8 heteroatoms. The van der Waals surface area contributed by atoms with E-state index in [1.165, 1.54) is 4.90 Å². The Labute approximate surface area is 148 Å². The molecule has 0 aromatic carbocycles. The Kier molecular flexibility index (Phi) is 7.86. The molecule has 1 aliphatic heterocycles. The van der Waals surface area contributed by atoms with Gasteiger partial charge in [-0.1, -0.05) is 27.2 Å². The Hall–Kier alpha value is -2.12. The Morgan fingerprint density at radius 2 is 1.96 bits per heavy atom. The molecule has 25 heavy (non-hydrogen) atoms. The Bertz CT molecular complexity index is 522. The van der Waals surface area contributed by atoms with Crippen LogP contribution in [0.15, 0.2) is 0 Å². The maximum absolute atomic E-state index is 12.3. The molecule has 1 heterocycles. The molecule has 0 bridgehead atoms. The monoisotopic (exact) mass is 355 g/mol. The zero-order valence-corrected chi connectivity index (χ0v) is 15.2. The lowest BCUT2D eigenvalue weighted by molar-refractivity contribution is -0.138. The van der Waals surface area contributed by atoms with Gasteiger partial charge < -0.3 is 21.1 Å². The van der Waals surface area contributed by atoms with Crippen LogP contribution >= 0.6 is 0 Å². The lowest BCUT2D eigenvalue weighted by Crippen LogP contribution is -2.51. The zero-order valence-electron chi connectivity index (χ0n) is 15.2. The lowest BCUT2D eigenvalue weighted by Gasteiger charge is -2.33. The minimum Gasteiger partial charge on any atom is -0.481 e. The summed E-state index contributed by atoms with van der Waals surface area (Å²) in [7, 11) is 0. The highest BCUT2D eigenvalue weighted by atomic mass is 16.4. The summed E-state index contributed by atoms with van der Waals surface area (Å²) in [5.74, 6) is -1.92. The molecule has 4 atom stereocenters. The van der Waals surface area contributed by atoms with Crippen LogP contribution in [0.25, 0.3) is 0 Å². The molecule has 1 aliphatic rings. The molecule has 0 aromatic rings. The topological polar surface area (TPSA) is 130 Å². The van der Waals surface area contributed by atoms with Gasteiger partial charge in [-0.3, -0.25) is 19.2 Å². The third-order valence-corrected chi connectivity index (χ3v) is 5.06.